The molecule has 1 N–H and O–H groups in total. The summed E-state index contributed by atoms with van der Waals surface area (Å²) in [5, 5.41) is 8.89. The van der Waals surface area contributed by atoms with Gasteiger partial charge in [-0.25, -0.2) is 0 Å². The Balaban J connectivity index is 2.90. The van der Waals surface area contributed by atoms with Crippen LogP contribution in [0.4, 0.5) is 8.78 Å². The summed E-state index contributed by atoms with van der Waals surface area (Å²) in [7, 11) is 1.36. The van der Waals surface area contributed by atoms with Crippen LogP contribution in [0.3, 0.4) is 0 Å². The van der Waals surface area contributed by atoms with Crippen molar-refractivity contribution in [1.29, 1.82) is 0 Å². The van der Waals surface area contributed by atoms with Crippen LogP contribution in [0.15, 0.2) is 18.2 Å². The third-order valence-electron chi connectivity index (χ3n) is 2.90. The van der Waals surface area contributed by atoms with Crippen LogP contribution in [-0.2, 0) is 11.3 Å². The van der Waals surface area contributed by atoms with E-state index in [1.54, 1.807) is 17.0 Å². The summed E-state index contributed by atoms with van der Waals surface area (Å²) in [6.45, 7) is 1.11. The first-order chi connectivity index (χ1) is 9.83. The van der Waals surface area contributed by atoms with E-state index in [4.69, 9.17) is 9.84 Å². The van der Waals surface area contributed by atoms with Crippen LogP contribution in [0.1, 0.15) is 19.4 Å². The van der Waals surface area contributed by atoms with Gasteiger partial charge in [0.1, 0.15) is 0 Å². The minimum Gasteiger partial charge on any atom is -0.493 e. The van der Waals surface area contributed by atoms with Crippen molar-refractivity contribution >= 4 is 5.97 Å². The number of rotatable bonds is 8. The van der Waals surface area contributed by atoms with Gasteiger partial charge >= 0.3 is 12.6 Å². The summed E-state index contributed by atoms with van der Waals surface area (Å²) < 4.78 is 33.9. The van der Waals surface area contributed by atoms with Crippen LogP contribution in [0.2, 0.25) is 0 Å². The number of benzene rings is 1. The monoisotopic (exact) mass is 303 g/mol. The standard InChI is InChI=1S/C14H19F2NO4/c1-9(2)17(8-13(18)19)7-10-4-5-11(21-14(15)16)12(6-10)20-3/h4-6,9,14H,7-8H2,1-3H3,(H,18,19). The van der Waals surface area contributed by atoms with E-state index < -0.39 is 12.6 Å². The van der Waals surface area contributed by atoms with Crippen molar-refractivity contribution in [2.75, 3.05) is 13.7 Å². The Morgan fingerprint density at radius 2 is 2.00 bits per heavy atom. The third-order valence-corrected chi connectivity index (χ3v) is 2.90. The molecule has 0 atom stereocenters. The second-order valence-electron chi connectivity index (χ2n) is 4.76. The molecule has 1 rings (SSSR count). The summed E-state index contributed by atoms with van der Waals surface area (Å²) in [6, 6.07) is 4.59. The van der Waals surface area contributed by atoms with E-state index in [2.05, 4.69) is 4.74 Å². The molecule has 0 fully saturated rings. The van der Waals surface area contributed by atoms with Crippen LogP contribution in [0, 0.1) is 0 Å². The Morgan fingerprint density at radius 1 is 1.33 bits per heavy atom. The van der Waals surface area contributed by atoms with Gasteiger partial charge in [0.25, 0.3) is 0 Å². The quantitative estimate of drug-likeness (QED) is 0.800. The van der Waals surface area contributed by atoms with Crippen molar-refractivity contribution in [2.24, 2.45) is 0 Å². The number of alkyl halides is 2. The van der Waals surface area contributed by atoms with Crippen molar-refractivity contribution in [2.45, 2.75) is 33.0 Å². The predicted octanol–water partition coefficient (Wildman–Crippen LogP) is 2.59. The number of methoxy groups -OCH3 is 1. The molecule has 0 heterocycles. The van der Waals surface area contributed by atoms with Gasteiger partial charge in [-0.1, -0.05) is 6.07 Å². The SMILES string of the molecule is COc1cc(CN(CC(=O)O)C(C)C)ccc1OC(F)F. The van der Waals surface area contributed by atoms with Crippen molar-refractivity contribution in [3.05, 3.63) is 23.8 Å². The van der Waals surface area contributed by atoms with Gasteiger partial charge in [-0.3, -0.25) is 9.69 Å². The van der Waals surface area contributed by atoms with Crippen LogP contribution < -0.4 is 9.47 Å². The molecule has 1 aromatic carbocycles. The highest BCUT2D eigenvalue weighted by Gasteiger charge is 2.16. The molecule has 118 valence electrons. The van der Waals surface area contributed by atoms with Gasteiger partial charge in [-0.05, 0) is 31.5 Å². The highest BCUT2D eigenvalue weighted by molar-refractivity contribution is 5.69. The normalized spacial score (nSPS) is 11.2. The lowest BCUT2D eigenvalue weighted by molar-refractivity contribution is -0.138. The minimum atomic E-state index is -2.93. The zero-order valence-electron chi connectivity index (χ0n) is 12.2. The maximum Gasteiger partial charge on any atom is 0.387 e. The fourth-order valence-electron chi connectivity index (χ4n) is 1.83. The van der Waals surface area contributed by atoms with Gasteiger partial charge < -0.3 is 14.6 Å². The number of carboxylic acids is 1. The van der Waals surface area contributed by atoms with Gasteiger partial charge in [-0.2, -0.15) is 8.78 Å². The molecule has 0 radical (unpaired) electrons. The number of hydrogen-bond donors (Lipinski definition) is 1. The third kappa shape index (κ3) is 5.55. The largest absolute Gasteiger partial charge is 0.493 e. The zero-order chi connectivity index (χ0) is 16.0. The van der Waals surface area contributed by atoms with Gasteiger partial charge in [0.15, 0.2) is 11.5 Å². The van der Waals surface area contributed by atoms with Gasteiger partial charge in [-0.15, -0.1) is 0 Å². The summed E-state index contributed by atoms with van der Waals surface area (Å²) in [5.41, 5.74) is 0.753. The van der Waals surface area contributed by atoms with E-state index in [1.807, 2.05) is 13.8 Å². The average Bonchev–Trinajstić information content (AvgIpc) is 2.38. The topological polar surface area (TPSA) is 59.0 Å². The first-order valence-corrected chi connectivity index (χ1v) is 6.41. The van der Waals surface area contributed by atoms with E-state index >= 15 is 0 Å². The molecule has 0 spiro atoms. The predicted molar refractivity (Wildman–Crippen MR) is 72.8 cm³/mol. The lowest BCUT2D eigenvalue weighted by Gasteiger charge is -2.24. The maximum atomic E-state index is 12.2. The van der Waals surface area contributed by atoms with E-state index in [-0.39, 0.29) is 24.1 Å². The number of carbonyl (C=O) groups is 1. The van der Waals surface area contributed by atoms with Crippen LogP contribution in [0.25, 0.3) is 0 Å². The molecule has 0 bridgehead atoms. The second kappa shape index (κ2) is 7.78. The van der Waals surface area contributed by atoms with Gasteiger partial charge in [0.2, 0.25) is 0 Å². The number of nitrogens with zero attached hydrogens (tertiary/aromatic N) is 1. The first-order valence-electron chi connectivity index (χ1n) is 6.41. The Kier molecular flexibility index (Phi) is 6.36. The fourth-order valence-corrected chi connectivity index (χ4v) is 1.83. The summed E-state index contributed by atoms with van der Waals surface area (Å²) in [6.07, 6.45) is 0. The molecular formula is C14H19F2NO4. The molecule has 0 saturated carbocycles. The molecule has 7 heteroatoms. The molecule has 0 aliphatic rings. The van der Waals surface area contributed by atoms with Crippen molar-refractivity contribution in [1.82, 2.24) is 4.90 Å². The summed E-state index contributed by atoms with van der Waals surface area (Å²) in [4.78, 5) is 12.6. The molecule has 0 unspecified atom stereocenters. The molecule has 1 aromatic rings. The smallest absolute Gasteiger partial charge is 0.387 e. The summed E-state index contributed by atoms with van der Waals surface area (Å²) in [5.74, 6) is -0.786. The van der Waals surface area contributed by atoms with E-state index in [0.29, 0.717) is 6.54 Å². The molecule has 5 nitrogen and oxygen atoms in total. The Bertz CT molecular complexity index is 480. The lowest BCUT2D eigenvalue weighted by Crippen LogP contribution is -2.35. The number of carboxylic acid groups (broad SMARTS) is 1. The lowest BCUT2D eigenvalue weighted by atomic mass is 10.1. The van der Waals surface area contributed by atoms with E-state index in [1.165, 1.54) is 13.2 Å². The number of aliphatic carboxylic acids is 1. The highest BCUT2D eigenvalue weighted by Crippen LogP contribution is 2.30. The van der Waals surface area contributed by atoms with Gasteiger partial charge in [0.05, 0.1) is 13.7 Å². The van der Waals surface area contributed by atoms with Crippen LogP contribution in [0.5, 0.6) is 11.5 Å². The van der Waals surface area contributed by atoms with Crippen LogP contribution >= 0.6 is 0 Å². The van der Waals surface area contributed by atoms with E-state index in [9.17, 15) is 13.6 Å². The Morgan fingerprint density at radius 3 is 2.48 bits per heavy atom. The molecule has 0 aliphatic carbocycles. The fraction of sp³-hybridized carbons (Fsp3) is 0.500. The number of hydrogen-bond acceptors (Lipinski definition) is 4. The second-order valence-corrected chi connectivity index (χ2v) is 4.76. The molecule has 0 aliphatic heterocycles. The molecule has 21 heavy (non-hydrogen) atoms. The zero-order valence-corrected chi connectivity index (χ0v) is 12.2. The molecular weight excluding hydrogens is 284 g/mol. The van der Waals surface area contributed by atoms with Crippen molar-refractivity contribution < 1.29 is 28.2 Å². The Labute approximate surface area is 122 Å². The highest BCUT2D eigenvalue weighted by atomic mass is 19.3. The molecule has 0 amide bonds. The van der Waals surface area contributed by atoms with Crippen LogP contribution in [-0.4, -0.2) is 42.3 Å². The van der Waals surface area contributed by atoms with Gasteiger partial charge in [0, 0.05) is 12.6 Å². The number of ether oxygens (including phenoxy) is 2. The minimum absolute atomic E-state index is 0.0316. The molecule has 0 saturated heterocycles. The number of halogens is 2. The first kappa shape index (κ1) is 17.2. The maximum absolute atomic E-state index is 12.2. The van der Waals surface area contributed by atoms with Crippen molar-refractivity contribution in [3.8, 4) is 11.5 Å². The average molecular weight is 303 g/mol. The molecule has 0 aromatic heterocycles. The summed E-state index contributed by atoms with van der Waals surface area (Å²) >= 11 is 0. The Hall–Kier alpha value is -1.89. The van der Waals surface area contributed by atoms with E-state index in [0.717, 1.165) is 5.56 Å². The van der Waals surface area contributed by atoms with Crippen molar-refractivity contribution in [3.63, 3.8) is 0 Å².